The maximum atomic E-state index is 11.5. The minimum absolute atomic E-state index is 0.282. The highest BCUT2D eigenvalue weighted by Crippen LogP contribution is 2.18. The minimum Gasteiger partial charge on any atom is -0.391 e. The molecule has 19 heavy (non-hydrogen) atoms. The summed E-state index contributed by atoms with van der Waals surface area (Å²) in [5.41, 5.74) is 0.854. The lowest BCUT2D eigenvalue weighted by Crippen LogP contribution is -2.26. The smallest absolute Gasteiger partial charge is 0.391 e. The second-order valence-electron chi connectivity index (χ2n) is 4.29. The number of thioether (sulfide) groups is 1. The van der Waals surface area contributed by atoms with Crippen LogP contribution in [0.4, 0.5) is 10.7 Å². The number of carbonyl (C=O) groups is 1. The Balaban J connectivity index is 2.95. The van der Waals surface area contributed by atoms with Crippen LogP contribution in [0.5, 0.6) is 5.88 Å². The summed E-state index contributed by atoms with van der Waals surface area (Å²) in [6.07, 6.45) is -0.447. The third kappa shape index (κ3) is 4.94. The van der Waals surface area contributed by atoms with Gasteiger partial charge in [-0.1, -0.05) is 6.92 Å². The average Bonchev–Trinajstić information content (AvgIpc) is 2.35. The fourth-order valence-corrected chi connectivity index (χ4v) is 1.73. The van der Waals surface area contributed by atoms with Gasteiger partial charge in [0.05, 0.1) is 5.69 Å². The van der Waals surface area contributed by atoms with Crippen molar-refractivity contribution in [2.75, 3.05) is 38.8 Å². The molecule has 0 saturated heterocycles. The molecular formula is C12H20N4O2S. The van der Waals surface area contributed by atoms with Gasteiger partial charge in [0.2, 0.25) is 11.8 Å². The zero-order chi connectivity index (χ0) is 14.4. The first-order chi connectivity index (χ1) is 8.93. The van der Waals surface area contributed by atoms with Crippen molar-refractivity contribution in [3.63, 3.8) is 0 Å². The SMILES string of the molecule is CCSCc1cc(OC(=O)N(C)C)nc(N(C)C)n1. The molecule has 1 aromatic rings. The van der Waals surface area contributed by atoms with E-state index < -0.39 is 6.09 Å². The lowest BCUT2D eigenvalue weighted by atomic mass is 10.4. The molecule has 1 aromatic heterocycles. The Morgan fingerprint density at radius 2 is 2.00 bits per heavy atom. The van der Waals surface area contributed by atoms with Crippen molar-refractivity contribution >= 4 is 23.8 Å². The van der Waals surface area contributed by atoms with Gasteiger partial charge in [0.15, 0.2) is 0 Å². The number of ether oxygens (including phenoxy) is 1. The second-order valence-corrected chi connectivity index (χ2v) is 5.57. The first kappa shape index (κ1) is 15.6. The van der Waals surface area contributed by atoms with Crippen molar-refractivity contribution in [3.8, 4) is 5.88 Å². The molecule has 0 aliphatic carbocycles. The first-order valence-corrected chi connectivity index (χ1v) is 7.11. The molecule has 0 unspecified atom stereocenters. The summed E-state index contributed by atoms with van der Waals surface area (Å²) in [6.45, 7) is 2.09. The molecule has 0 aliphatic heterocycles. The van der Waals surface area contributed by atoms with Crippen LogP contribution in [-0.4, -0.2) is 54.9 Å². The van der Waals surface area contributed by atoms with Gasteiger partial charge in [-0.25, -0.2) is 9.78 Å². The van der Waals surface area contributed by atoms with Crippen LogP contribution in [-0.2, 0) is 5.75 Å². The van der Waals surface area contributed by atoms with Gasteiger partial charge in [0.1, 0.15) is 0 Å². The van der Waals surface area contributed by atoms with Crippen molar-refractivity contribution in [1.82, 2.24) is 14.9 Å². The monoisotopic (exact) mass is 284 g/mol. The summed E-state index contributed by atoms with van der Waals surface area (Å²) >= 11 is 1.76. The summed E-state index contributed by atoms with van der Waals surface area (Å²) in [5, 5.41) is 0. The van der Waals surface area contributed by atoms with Crippen molar-refractivity contribution < 1.29 is 9.53 Å². The van der Waals surface area contributed by atoms with Crippen LogP contribution < -0.4 is 9.64 Å². The van der Waals surface area contributed by atoms with Gasteiger partial charge in [0, 0.05) is 40.0 Å². The number of hydrogen-bond donors (Lipinski definition) is 0. The molecule has 6 nitrogen and oxygen atoms in total. The van der Waals surface area contributed by atoms with Gasteiger partial charge < -0.3 is 14.5 Å². The number of hydrogen-bond acceptors (Lipinski definition) is 6. The molecule has 0 spiro atoms. The number of rotatable bonds is 5. The fraction of sp³-hybridized carbons (Fsp3) is 0.583. The van der Waals surface area contributed by atoms with E-state index in [9.17, 15) is 4.79 Å². The molecule has 7 heteroatoms. The van der Waals surface area contributed by atoms with Gasteiger partial charge in [-0.3, -0.25) is 0 Å². The molecule has 0 N–H and O–H groups in total. The Morgan fingerprint density at radius 1 is 1.32 bits per heavy atom. The lowest BCUT2D eigenvalue weighted by molar-refractivity contribution is 0.170. The number of amides is 1. The number of carbonyl (C=O) groups excluding carboxylic acids is 1. The number of anilines is 1. The Bertz CT molecular complexity index is 438. The zero-order valence-corrected chi connectivity index (χ0v) is 12.8. The third-order valence-electron chi connectivity index (χ3n) is 2.15. The molecule has 0 fully saturated rings. The van der Waals surface area contributed by atoms with E-state index in [4.69, 9.17) is 4.74 Å². The normalized spacial score (nSPS) is 10.2. The Kier molecular flexibility index (Phi) is 5.88. The minimum atomic E-state index is -0.447. The Labute approximate surface area is 118 Å². The fourth-order valence-electron chi connectivity index (χ4n) is 1.17. The van der Waals surface area contributed by atoms with Crippen LogP contribution in [0.25, 0.3) is 0 Å². The van der Waals surface area contributed by atoms with Crippen molar-refractivity contribution in [3.05, 3.63) is 11.8 Å². The molecule has 1 heterocycles. The first-order valence-electron chi connectivity index (χ1n) is 5.96. The van der Waals surface area contributed by atoms with E-state index in [0.717, 1.165) is 17.2 Å². The van der Waals surface area contributed by atoms with Crippen molar-refractivity contribution in [2.45, 2.75) is 12.7 Å². The highest BCUT2D eigenvalue weighted by molar-refractivity contribution is 7.98. The summed E-state index contributed by atoms with van der Waals surface area (Å²) in [4.78, 5) is 23.3. The molecule has 0 saturated carbocycles. The van der Waals surface area contributed by atoms with Gasteiger partial charge in [-0.05, 0) is 5.75 Å². The summed E-state index contributed by atoms with van der Waals surface area (Å²) in [5.74, 6) is 2.60. The van der Waals surface area contributed by atoms with Crippen LogP contribution in [0.3, 0.4) is 0 Å². The molecule has 1 rings (SSSR count). The zero-order valence-electron chi connectivity index (χ0n) is 12.0. The lowest BCUT2D eigenvalue weighted by Gasteiger charge is -2.14. The van der Waals surface area contributed by atoms with Crippen LogP contribution in [0, 0.1) is 0 Å². The maximum Gasteiger partial charge on any atom is 0.416 e. The summed E-state index contributed by atoms with van der Waals surface area (Å²) in [7, 11) is 6.96. The predicted octanol–water partition coefficient (Wildman–Crippen LogP) is 1.86. The highest BCUT2D eigenvalue weighted by Gasteiger charge is 2.12. The standard InChI is InChI=1S/C12H20N4O2S/c1-6-19-8-9-7-10(18-12(17)16(4)5)14-11(13-9)15(2)3/h7H,6,8H2,1-5H3. The van der Waals surface area contributed by atoms with Crippen LogP contribution in [0.2, 0.25) is 0 Å². The van der Waals surface area contributed by atoms with E-state index in [0.29, 0.717) is 5.95 Å². The highest BCUT2D eigenvalue weighted by atomic mass is 32.2. The van der Waals surface area contributed by atoms with Crippen LogP contribution in [0.15, 0.2) is 6.07 Å². The molecule has 0 radical (unpaired) electrons. The van der Waals surface area contributed by atoms with Crippen LogP contribution in [0.1, 0.15) is 12.6 Å². The topological polar surface area (TPSA) is 58.6 Å². The Hall–Kier alpha value is -1.50. The molecule has 1 amide bonds. The molecule has 0 atom stereocenters. The van der Waals surface area contributed by atoms with E-state index in [1.165, 1.54) is 4.90 Å². The largest absolute Gasteiger partial charge is 0.416 e. The summed E-state index contributed by atoms with van der Waals surface area (Å²) in [6, 6.07) is 1.71. The third-order valence-corrected chi connectivity index (χ3v) is 3.06. The van der Waals surface area contributed by atoms with E-state index in [1.54, 1.807) is 36.8 Å². The van der Waals surface area contributed by atoms with Crippen LogP contribution >= 0.6 is 11.8 Å². The maximum absolute atomic E-state index is 11.5. The van der Waals surface area contributed by atoms with E-state index in [2.05, 4.69) is 16.9 Å². The molecule has 0 bridgehead atoms. The van der Waals surface area contributed by atoms with E-state index in [1.807, 2.05) is 14.1 Å². The molecule has 0 aromatic carbocycles. The van der Waals surface area contributed by atoms with Gasteiger partial charge >= 0.3 is 6.09 Å². The van der Waals surface area contributed by atoms with Gasteiger partial charge in [-0.15, -0.1) is 0 Å². The predicted molar refractivity (Wildman–Crippen MR) is 77.9 cm³/mol. The average molecular weight is 284 g/mol. The number of aromatic nitrogens is 2. The van der Waals surface area contributed by atoms with Gasteiger partial charge in [-0.2, -0.15) is 16.7 Å². The molecule has 106 valence electrons. The molecule has 0 aliphatic rings. The summed E-state index contributed by atoms with van der Waals surface area (Å²) < 4.78 is 5.19. The van der Waals surface area contributed by atoms with Crippen molar-refractivity contribution in [2.24, 2.45) is 0 Å². The second kappa shape index (κ2) is 7.18. The number of nitrogens with zero attached hydrogens (tertiary/aromatic N) is 4. The van der Waals surface area contributed by atoms with E-state index >= 15 is 0 Å². The quantitative estimate of drug-likeness (QED) is 0.822. The molecular weight excluding hydrogens is 264 g/mol. The van der Waals surface area contributed by atoms with Crippen molar-refractivity contribution in [1.29, 1.82) is 0 Å². The Morgan fingerprint density at radius 3 is 2.53 bits per heavy atom. The van der Waals surface area contributed by atoms with E-state index in [-0.39, 0.29) is 5.88 Å². The van der Waals surface area contributed by atoms with Gasteiger partial charge in [0.25, 0.3) is 0 Å².